The van der Waals surface area contributed by atoms with E-state index in [-0.39, 0.29) is 12.5 Å². The molecule has 0 saturated heterocycles. The Morgan fingerprint density at radius 2 is 2.16 bits per heavy atom. The molecule has 0 aliphatic heterocycles. The second kappa shape index (κ2) is 7.25. The van der Waals surface area contributed by atoms with E-state index in [1.54, 1.807) is 16.8 Å². The van der Waals surface area contributed by atoms with Crippen LogP contribution in [0.5, 0.6) is 0 Å². The van der Waals surface area contributed by atoms with Gasteiger partial charge < -0.3 is 10.0 Å². The highest BCUT2D eigenvalue weighted by atomic mass is 16.3. The zero-order valence-corrected chi connectivity index (χ0v) is 12.3. The molecule has 1 aromatic rings. The summed E-state index contributed by atoms with van der Waals surface area (Å²) in [5, 5.41) is 13.1. The number of hydrogen-bond acceptors (Lipinski definition) is 4. The summed E-state index contributed by atoms with van der Waals surface area (Å²) in [7, 11) is 3.61. The zero-order chi connectivity index (χ0) is 14.4. The van der Waals surface area contributed by atoms with Crippen LogP contribution in [0.4, 0.5) is 0 Å². The summed E-state index contributed by atoms with van der Waals surface area (Å²) >= 11 is 0. The second-order valence-electron chi connectivity index (χ2n) is 4.78. The molecule has 0 saturated carbocycles. The summed E-state index contributed by atoms with van der Waals surface area (Å²) in [6, 6.07) is 0. The lowest BCUT2D eigenvalue weighted by molar-refractivity contribution is -0.131. The number of aromatic nitrogens is 2. The summed E-state index contributed by atoms with van der Waals surface area (Å²) in [4.78, 5) is 15.5. The smallest absolute Gasteiger partial charge is 0.236 e. The topological polar surface area (TPSA) is 61.6 Å². The molecule has 1 amide bonds. The molecule has 1 N–H and O–H groups in total. The first kappa shape index (κ1) is 15.7. The van der Waals surface area contributed by atoms with E-state index in [0.29, 0.717) is 19.6 Å². The summed E-state index contributed by atoms with van der Waals surface area (Å²) in [5.74, 6) is 0.0413. The van der Waals surface area contributed by atoms with Gasteiger partial charge in [0.05, 0.1) is 19.3 Å². The Kier molecular flexibility index (Phi) is 5.98. The fourth-order valence-electron chi connectivity index (χ4n) is 1.90. The highest BCUT2D eigenvalue weighted by molar-refractivity contribution is 5.77. The SMILES string of the molecule is CCn1ncc(CN(C)C(=O)CN(C)CCO)c1C. The van der Waals surface area contributed by atoms with Gasteiger partial charge in [-0.25, -0.2) is 0 Å². The molecule has 1 heterocycles. The van der Waals surface area contributed by atoms with E-state index in [4.69, 9.17) is 5.11 Å². The van der Waals surface area contributed by atoms with Gasteiger partial charge in [-0.1, -0.05) is 0 Å². The van der Waals surface area contributed by atoms with Gasteiger partial charge in [0.15, 0.2) is 0 Å². The van der Waals surface area contributed by atoms with Crippen LogP contribution in [0.2, 0.25) is 0 Å². The van der Waals surface area contributed by atoms with Crippen molar-refractivity contribution in [2.45, 2.75) is 26.9 Å². The minimum atomic E-state index is 0.0413. The largest absolute Gasteiger partial charge is 0.395 e. The van der Waals surface area contributed by atoms with E-state index in [9.17, 15) is 4.79 Å². The number of carbonyl (C=O) groups is 1. The molecule has 0 aliphatic rings. The van der Waals surface area contributed by atoms with Crippen LogP contribution in [0.25, 0.3) is 0 Å². The van der Waals surface area contributed by atoms with Crippen LogP contribution in [0.3, 0.4) is 0 Å². The van der Waals surface area contributed by atoms with Crippen LogP contribution in [0, 0.1) is 6.92 Å². The molecule has 0 aromatic carbocycles. The highest BCUT2D eigenvalue weighted by Crippen LogP contribution is 2.09. The third kappa shape index (κ3) is 4.33. The lowest BCUT2D eigenvalue weighted by atomic mass is 10.2. The Hall–Kier alpha value is -1.40. The molecule has 6 nitrogen and oxygen atoms in total. The molecule has 19 heavy (non-hydrogen) atoms. The molecule has 0 aliphatic carbocycles. The van der Waals surface area contributed by atoms with Gasteiger partial charge in [-0.3, -0.25) is 14.4 Å². The molecule has 0 unspecified atom stereocenters. The zero-order valence-electron chi connectivity index (χ0n) is 12.3. The van der Waals surface area contributed by atoms with Gasteiger partial charge in [0, 0.05) is 37.9 Å². The van der Waals surface area contributed by atoms with Crippen molar-refractivity contribution in [2.75, 3.05) is 33.8 Å². The van der Waals surface area contributed by atoms with E-state index >= 15 is 0 Å². The third-order valence-electron chi connectivity index (χ3n) is 3.22. The number of carbonyl (C=O) groups excluding carboxylic acids is 1. The number of amides is 1. The average molecular weight is 268 g/mol. The number of likely N-dealkylation sites (N-methyl/N-ethyl adjacent to an activating group) is 2. The lowest BCUT2D eigenvalue weighted by Crippen LogP contribution is -2.37. The van der Waals surface area contributed by atoms with Crippen LogP contribution in [-0.4, -0.2) is 64.4 Å². The normalized spacial score (nSPS) is 11.1. The maximum absolute atomic E-state index is 12.0. The molecule has 6 heteroatoms. The van der Waals surface area contributed by atoms with Gasteiger partial charge in [0.1, 0.15) is 0 Å². The predicted molar refractivity (Wildman–Crippen MR) is 73.7 cm³/mol. The van der Waals surface area contributed by atoms with E-state index in [1.165, 1.54) is 0 Å². The van der Waals surface area contributed by atoms with Crippen LogP contribution >= 0.6 is 0 Å². The summed E-state index contributed by atoms with van der Waals surface area (Å²) < 4.78 is 1.92. The number of rotatable bonds is 7. The van der Waals surface area contributed by atoms with Crippen molar-refractivity contribution in [3.05, 3.63) is 17.5 Å². The van der Waals surface area contributed by atoms with E-state index < -0.39 is 0 Å². The molecule has 0 bridgehead atoms. The lowest BCUT2D eigenvalue weighted by Gasteiger charge is -2.21. The Morgan fingerprint density at radius 3 is 2.68 bits per heavy atom. The van der Waals surface area contributed by atoms with E-state index in [0.717, 1.165) is 17.8 Å². The predicted octanol–water partition coefficient (Wildman–Crippen LogP) is 0.0939. The Balaban J connectivity index is 2.56. The average Bonchev–Trinajstić information content (AvgIpc) is 2.70. The Bertz CT molecular complexity index is 417. The Morgan fingerprint density at radius 1 is 1.47 bits per heavy atom. The Labute approximate surface area is 114 Å². The van der Waals surface area contributed by atoms with Crippen molar-refractivity contribution in [2.24, 2.45) is 0 Å². The fourth-order valence-corrected chi connectivity index (χ4v) is 1.90. The van der Waals surface area contributed by atoms with Crippen LogP contribution in [-0.2, 0) is 17.9 Å². The van der Waals surface area contributed by atoms with Crippen LogP contribution in [0.1, 0.15) is 18.2 Å². The molecular weight excluding hydrogens is 244 g/mol. The van der Waals surface area contributed by atoms with Crippen molar-refractivity contribution in [1.29, 1.82) is 0 Å². The third-order valence-corrected chi connectivity index (χ3v) is 3.22. The van der Waals surface area contributed by atoms with Gasteiger partial charge in [-0.15, -0.1) is 0 Å². The summed E-state index contributed by atoms with van der Waals surface area (Å²) in [5.41, 5.74) is 2.17. The van der Waals surface area contributed by atoms with Crippen LogP contribution < -0.4 is 0 Å². The van der Waals surface area contributed by atoms with Crippen molar-refractivity contribution in [3.63, 3.8) is 0 Å². The molecular formula is C13H24N4O2. The van der Waals surface area contributed by atoms with Crippen molar-refractivity contribution in [1.82, 2.24) is 19.6 Å². The van der Waals surface area contributed by atoms with Gasteiger partial charge in [-0.2, -0.15) is 5.10 Å². The van der Waals surface area contributed by atoms with Gasteiger partial charge in [0.25, 0.3) is 0 Å². The van der Waals surface area contributed by atoms with Crippen molar-refractivity contribution in [3.8, 4) is 0 Å². The first-order valence-corrected chi connectivity index (χ1v) is 6.54. The monoisotopic (exact) mass is 268 g/mol. The van der Waals surface area contributed by atoms with Gasteiger partial charge in [-0.05, 0) is 20.9 Å². The van der Waals surface area contributed by atoms with Crippen molar-refractivity contribution < 1.29 is 9.90 Å². The maximum atomic E-state index is 12.0. The molecule has 0 fully saturated rings. The van der Waals surface area contributed by atoms with E-state index in [1.807, 2.05) is 31.8 Å². The first-order chi connectivity index (χ1) is 8.99. The number of aryl methyl sites for hydroxylation is 1. The van der Waals surface area contributed by atoms with Gasteiger partial charge >= 0.3 is 0 Å². The fraction of sp³-hybridized carbons (Fsp3) is 0.692. The van der Waals surface area contributed by atoms with E-state index in [2.05, 4.69) is 5.10 Å². The molecule has 108 valence electrons. The minimum absolute atomic E-state index is 0.0413. The molecule has 0 atom stereocenters. The second-order valence-corrected chi connectivity index (χ2v) is 4.78. The highest BCUT2D eigenvalue weighted by Gasteiger charge is 2.14. The molecule has 1 aromatic heterocycles. The number of hydrogen-bond donors (Lipinski definition) is 1. The molecule has 0 spiro atoms. The van der Waals surface area contributed by atoms with Crippen molar-refractivity contribution >= 4 is 5.91 Å². The molecule has 0 radical (unpaired) electrons. The summed E-state index contributed by atoms with van der Waals surface area (Å²) in [6.07, 6.45) is 1.82. The minimum Gasteiger partial charge on any atom is -0.395 e. The van der Waals surface area contributed by atoms with Crippen LogP contribution in [0.15, 0.2) is 6.20 Å². The quantitative estimate of drug-likeness (QED) is 0.761. The van der Waals surface area contributed by atoms with Gasteiger partial charge in [0.2, 0.25) is 5.91 Å². The maximum Gasteiger partial charge on any atom is 0.236 e. The molecule has 1 rings (SSSR count). The summed E-state index contributed by atoms with van der Waals surface area (Å²) in [6.45, 7) is 6.35. The number of aliphatic hydroxyl groups is 1. The number of nitrogens with zero attached hydrogens (tertiary/aromatic N) is 4. The first-order valence-electron chi connectivity index (χ1n) is 6.54. The standard InChI is InChI=1S/C13H24N4O2/c1-5-17-11(2)12(8-14-17)9-16(4)13(19)10-15(3)6-7-18/h8,18H,5-7,9-10H2,1-4H3. The number of aliphatic hydroxyl groups excluding tert-OH is 1.